The lowest BCUT2D eigenvalue weighted by Gasteiger charge is -2.39. The summed E-state index contributed by atoms with van der Waals surface area (Å²) in [6.07, 6.45) is 0.496. The average Bonchev–Trinajstić information content (AvgIpc) is 3.28. The van der Waals surface area contributed by atoms with Crippen molar-refractivity contribution in [1.29, 1.82) is 0 Å². The van der Waals surface area contributed by atoms with E-state index in [0.717, 1.165) is 18.5 Å². The largest absolute Gasteiger partial charge is 0.573 e. The van der Waals surface area contributed by atoms with E-state index < -0.39 is 6.36 Å². The van der Waals surface area contributed by atoms with Crippen LogP contribution in [0.2, 0.25) is 0 Å². The third-order valence-corrected chi connectivity index (χ3v) is 6.11. The molecule has 0 radical (unpaired) electrons. The Morgan fingerprint density at radius 3 is 2.57 bits per heavy atom. The highest BCUT2D eigenvalue weighted by atomic mass is 19.4. The minimum Gasteiger partial charge on any atom is -0.495 e. The molecule has 150 valence electrons. The first-order valence-corrected chi connectivity index (χ1v) is 9.45. The third kappa shape index (κ3) is 3.50. The van der Waals surface area contributed by atoms with Crippen LogP contribution >= 0.6 is 0 Å². The number of alkyl halides is 3. The maximum atomic E-state index is 12.7. The number of hydrogen-bond acceptors (Lipinski definition) is 4. The van der Waals surface area contributed by atoms with Gasteiger partial charge < -0.3 is 14.4 Å². The van der Waals surface area contributed by atoms with Crippen LogP contribution in [0.4, 0.5) is 18.9 Å². The van der Waals surface area contributed by atoms with Crippen molar-refractivity contribution in [1.82, 2.24) is 4.98 Å². The molecular formula is C21H23F3N2O2. The summed E-state index contributed by atoms with van der Waals surface area (Å²) in [6.45, 7) is 0. The highest BCUT2D eigenvalue weighted by molar-refractivity contribution is 5.62. The predicted molar refractivity (Wildman–Crippen MR) is 99.7 cm³/mol. The van der Waals surface area contributed by atoms with E-state index in [-0.39, 0.29) is 17.7 Å². The number of pyridine rings is 1. The van der Waals surface area contributed by atoms with Gasteiger partial charge >= 0.3 is 6.36 Å². The Morgan fingerprint density at radius 2 is 1.89 bits per heavy atom. The molecule has 0 N–H and O–H groups in total. The van der Waals surface area contributed by atoms with Crippen LogP contribution in [0.5, 0.6) is 11.5 Å². The Kier molecular flexibility index (Phi) is 4.85. The minimum atomic E-state index is -4.73. The van der Waals surface area contributed by atoms with Gasteiger partial charge in [0, 0.05) is 37.0 Å². The summed E-state index contributed by atoms with van der Waals surface area (Å²) in [5.41, 5.74) is 1.65. The molecule has 2 fully saturated rings. The van der Waals surface area contributed by atoms with Gasteiger partial charge in [-0.3, -0.25) is 4.98 Å². The van der Waals surface area contributed by atoms with Gasteiger partial charge in [0.15, 0.2) is 0 Å². The van der Waals surface area contributed by atoms with E-state index in [1.54, 1.807) is 6.20 Å². The average molecular weight is 392 g/mol. The van der Waals surface area contributed by atoms with Gasteiger partial charge in [-0.15, -0.1) is 13.2 Å². The molecule has 4 nitrogen and oxygen atoms in total. The lowest BCUT2D eigenvalue weighted by atomic mass is 9.81. The van der Waals surface area contributed by atoms with Gasteiger partial charge in [-0.1, -0.05) is 6.07 Å². The van der Waals surface area contributed by atoms with Crippen molar-refractivity contribution >= 4 is 5.69 Å². The summed E-state index contributed by atoms with van der Waals surface area (Å²) >= 11 is 0. The molecule has 0 aliphatic heterocycles. The van der Waals surface area contributed by atoms with Crippen LogP contribution in [0.25, 0.3) is 0 Å². The van der Waals surface area contributed by atoms with E-state index in [1.165, 1.54) is 31.7 Å². The molecule has 28 heavy (non-hydrogen) atoms. The van der Waals surface area contributed by atoms with Gasteiger partial charge in [0.25, 0.3) is 0 Å². The van der Waals surface area contributed by atoms with Gasteiger partial charge in [-0.2, -0.15) is 0 Å². The molecule has 2 aliphatic carbocycles. The smallest absolute Gasteiger partial charge is 0.495 e. The number of rotatable bonds is 5. The normalized spacial score (nSPS) is 26.3. The van der Waals surface area contributed by atoms with Crippen LogP contribution in [0.15, 0.2) is 42.6 Å². The van der Waals surface area contributed by atoms with Gasteiger partial charge in [-0.25, -0.2) is 0 Å². The van der Waals surface area contributed by atoms with Gasteiger partial charge in [0.05, 0.1) is 12.8 Å². The van der Waals surface area contributed by atoms with E-state index in [9.17, 15) is 13.2 Å². The molecule has 4 unspecified atom stereocenters. The summed E-state index contributed by atoms with van der Waals surface area (Å²) in [5, 5.41) is 0. The minimum absolute atomic E-state index is 0.156. The highest BCUT2D eigenvalue weighted by Crippen LogP contribution is 2.55. The monoisotopic (exact) mass is 392 g/mol. The first kappa shape index (κ1) is 18.9. The summed E-state index contributed by atoms with van der Waals surface area (Å²) in [6, 6.07) is 10.3. The molecule has 0 spiro atoms. The molecule has 0 amide bonds. The maximum absolute atomic E-state index is 12.7. The zero-order chi connectivity index (χ0) is 19.9. The van der Waals surface area contributed by atoms with E-state index in [4.69, 9.17) is 4.74 Å². The molecule has 0 saturated heterocycles. The maximum Gasteiger partial charge on any atom is 0.573 e. The lowest BCUT2D eigenvalue weighted by Crippen LogP contribution is -2.41. The number of nitrogens with zero attached hydrogens (tertiary/aromatic N) is 2. The van der Waals surface area contributed by atoms with Gasteiger partial charge in [0.1, 0.15) is 11.5 Å². The van der Waals surface area contributed by atoms with Crippen molar-refractivity contribution in [2.24, 2.45) is 11.8 Å². The second-order valence-electron chi connectivity index (χ2n) is 7.60. The number of methoxy groups -OCH3 is 1. The molecule has 2 saturated carbocycles. The van der Waals surface area contributed by atoms with Crippen LogP contribution in [0, 0.1) is 11.8 Å². The van der Waals surface area contributed by atoms with Crippen molar-refractivity contribution in [2.75, 3.05) is 19.1 Å². The zero-order valence-corrected chi connectivity index (χ0v) is 15.8. The third-order valence-electron chi connectivity index (χ3n) is 6.11. The number of benzene rings is 1. The Hall–Kier alpha value is -2.44. The van der Waals surface area contributed by atoms with Crippen molar-refractivity contribution < 1.29 is 22.6 Å². The molecule has 4 atom stereocenters. The van der Waals surface area contributed by atoms with Crippen molar-refractivity contribution in [3.63, 3.8) is 0 Å². The summed E-state index contributed by atoms with van der Waals surface area (Å²) in [5.74, 6) is 1.57. The Labute approximate surface area is 162 Å². The van der Waals surface area contributed by atoms with E-state index in [0.29, 0.717) is 23.3 Å². The first-order chi connectivity index (χ1) is 13.4. The van der Waals surface area contributed by atoms with Crippen LogP contribution in [0.1, 0.15) is 30.9 Å². The Balaban J connectivity index is 1.69. The van der Waals surface area contributed by atoms with Crippen molar-refractivity contribution in [3.8, 4) is 11.5 Å². The molecule has 1 heterocycles. The summed E-state index contributed by atoms with van der Waals surface area (Å²) in [4.78, 5) is 6.64. The number of likely N-dealkylation sites (N-methyl/N-ethyl adjacent to an activating group) is 1. The van der Waals surface area contributed by atoms with E-state index in [2.05, 4.69) is 14.6 Å². The fourth-order valence-corrected chi connectivity index (χ4v) is 5.11. The predicted octanol–water partition coefficient (Wildman–Crippen LogP) is 5.01. The zero-order valence-electron chi connectivity index (χ0n) is 15.8. The molecule has 2 aromatic rings. The van der Waals surface area contributed by atoms with E-state index >= 15 is 0 Å². The molecule has 1 aromatic heterocycles. The molecular weight excluding hydrogens is 369 g/mol. The number of aromatic nitrogens is 1. The molecule has 4 rings (SSSR count). The van der Waals surface area contributed by atoms with Crippen LogP contribution in [-0.2, 0) is 0 Å². The lowest BCUT2D eigenvalue weighted by molar-refractivity contribution is -0.274. The number of ether oxygens (including phenoxy) is 2. The van der Waals surface area contributed by atoms with Crippen LogP contribution in [-0.4, -0.2) is 31.5 Å². The van der Waals surface area contributed by atoms with Crippen LogP contribution < -0.4 is 14.4 Å². The quantitative estimate of drug-likeness (QED) is 0.717. The highest BCUT2D eigenvalue weighted by Gasteiger charge is 2.50. The first-order valence-electron chi connectivity index (χ1n) is 9.45. The summed E-state index contributed by atoms with van der Waals surface area (Å²) in [7, 11) is 3.45. The van der Waals surface area contributed by atoms with Gasteiger partial charge in [-0.05, 0) is 55.4 Å². The van der Waals surface area contributed by atoms with Crippen molar-refractivity contribution in [3.05, 3.63) is 48.3 Å². The summed E-state index contributed by atoms with van der Waals surface area (Å²) < 4.78 is 47.6. The molecule has 2 aliphatic rings. The number of anilines is 1. The topological polar surface area (TPSA) is 34.6 Å². The number of hydrogen-bond donors (Lipinski definition) is 0. The standard InChI is InChI=1S/C21H23F3N2O2/c1-26(17-12-15(28-21(22,23)24)8-9-18(17)27-2)20-14-7-6-13(11-14)19(20)16-5-3-4-10-25-16/h3-5,8-10,12-14,19-20H,6-7,11H2,1-2H3. The van der Waals surface area contributed by atoms with E-state index in [1.807, 2.05) is 25.2 Å². The second-order valence-corrected chi connectivity index (χ2v) is 7.60. The Bertz CT molecular complexity index is 828. The van der Waals surface area contributed by atoms with Crippen LogP contribution in [0.3, 0.4) is 0 Å². The van der Waals surface area contributed by atoms with Crippen molar-refractivity contribution in [2.45, 2.75) is 37.6 Å². The molecule has 1 aromatic carbocycles. The number of halogens is 3. The second kappa shape index (κ2) is 7.18. The Morgan fingerprint density at radius 1 is 1.11 bits per heavy atom. The number of fused-ring (bicyclic) bond motifs is 2. The SMILES string of the molecule is COc1ccc(OC(F)(F)F)cc1N(C)C1C2CCC(C2)C1c1ccccn1. The fraction of sp³-hybridized carbons (Fsp3) is 0.476. The molecule has 2 bridgehead atoms. The fourth-order valence-electron chi connectivity index (χ4n) is 5.11. The van der Waals surface area contributed by atoms with Gasteiger partial charge in [0.2, 0.25) is 0 Å². The molecule has 7 heteroatoms.